The Balaban J connectivity index is 2.16. The van der Waals surface area contributed by atoms with Crippen molar-refractivity contribution < 1.29 is 9.53 Å². The van der Waals surface area contributed by atoms with Crippen LogP contribution in [0.2, 0.25) is 5.02 Å². The highest BCUT2D eigenvalue weighted by atomic mass is 35.5. The second-order valence-electron chi connectivity index (χ2n) is 5.82. The summed E-state index contributed by atoms with van der Waals surface area (Å²) in [5.74, 6) is -0.0466. The molecule has 0 spiro atoms. The summed E-state index contributed by atoms with van der Waals surface area (Å²) >= 11 is 6.08. The van der Waals surface area contributed by atoms with Gasteiger partial charge < -0.3 is 9.64 Å². The van der Waals surface area contributed by atoms with Gasteiger partial charge >= 0.3 is 0 Å². The Morgan fingerprint density at radius 2 is 2.04 bits per heavy atom. The third-order valence-corrected chi connectivity index (χ3v) is 4.58. The molecule has 0 atom stereocenters. The lowest BCUT2D eigenvalue weighted by atomic mass is 10.1. The second kappa shape index (κ2) is 7.85. The van der Waals surface area contributed by atoms with Crippen LogP contribution in [0.15, 0.2) is 36.7 Å². The number of amides is 1. The molecule has 136 valence electrons. The minimum Gasteiger partial charge on any atom is -0.378 e. The summed E-state index contributed by atoms with van der Waals surface area (Å²) in [4.78, 5) is 19.0. The zero-order valence-electron chi connectivity index (χ0n) is 15.1. The highest BCUT2D eigenvalue weighted by Gasteiger charge is 2.22. The van der Waals surface area contributed by atoms with Crippen molar-refractivity contribution in [2.45, 2.75) is 20.5 Å². The van der Waals surface area contributed by atoms with E-state index in [1.165, 1.54) is 0 Å². The fourth-order valence-corrected chi connectivity index (χ4v) is 3.17. The van der Waals surface area contributed by atoms with Gasteiger partial charge in [-0.1, -0.05) is 11.6 Å². The van der Waals surface area contributed by atoms with E-state index >= 15 is 0 Å². The molecule has 0 aliphatic carbocycles. The van der Waals surface area contributed by atoms with Gasteiger partial charge in [0, 0.05) is 36.8 Å². The molecule has 0 aliphatic heterocycles. The molecule has 0 radical (unpaired) electrons. The van der Waals surface area contributed by atoms with Crippen molar-refractivity contribution in [3.05, 3.63) is 52.9 Å². The number of hydrogen-bond donors (Lipinski definition) is 0. The number of hydrogen-bond acceptors (Lipinski definition) is 4. The Morgan fingerprint density at radius 1 is 1.27 bits per heavy atom. The average molecular weight is 373 g/mol. The topological polar surface area (TPSA) is 60.2 Å². The van der Waals surface area contributed by atoms with Crippen LogP contribution in [0.3, 0.4) is 0 Å². The normalized spacial score (nSPS) is 11.1. The molecule has 0 N–H and O–H groups in total. The maximum atomic E-state index is 12.8. The molecule has 3 aromatic rings. The van der Waals surface area contributed by atoms with Crippen LogP contribution in [0.5, 0.6) is 0 Å². The lowest BCUT2D eigenvalue weighted by Gasteiger charge is -2.19. The van der Waals surface area contributed by atoms with Gasteiger partial charge in [0.1, 0.15) is 0 Å². The summed E-state index contributed by atoms with van der Waals surface area (Å²) in [6.07, 6.45) is 3.31. The number of carbonyl (C=O) groups is 1. The Kier molecular flexibility index (Phi) is 5.54. The molecule has 0 aliphatic rings. The Labute approximate surface area is 157 Å². The van der Waals surface area contributed by atoms with Gasteiger partial charge in [-0.25, -0.2) is 4.68 Å². The minimum absolute atomic E-state index is 0.0466. The second-order valence-corrected chi connectivity index (χ2v) is 6.26. The summed E-state index contributed by atoms with van der Waals surface area (Å²) in [5.41, 5.74) is 2.86. The number of ether oxygens (including phenoxy) is 1. The van der Waals surface area contributed by atoms with Gasteiger partial charge in [0.25, 0.3) is 5.91 Å². The number of nitrogens with zero attached hydrogens (tertiary/aromatic N) is 4. The van der Waals surface area contributed by atoms with Crippen LogP contribution in [0, 0.1) is 0 Å². The molecule has 0 unspecified atom stereocenters. The Bertz CT molecular complexity index is 934. The molecule has 26 heavy (non-hydrogen) atoms. The van der Waals surface area contributed by atoms with Gasteiger partial charge in [0.05, 0.1) is 35.3 Å². The predicted molar refractivity (Wildman–Crippen MR) is 102 cm³/mol. The average Bonchev–Trinajstić information content (AvgIpc) is 3.05. The van der Waals surface area contributed by atoms with Crippen LogP contribution < -0.4 is 0 Å². The number of halogens is 1. The third kappa shape index (κ3) is 3.30. The van der Waals surface area contributed by atoms with Crippen LogP contribution >= 0.6 is 11.6 Å². The molecule has 0 saturated carbocycles. The van der Waals surface area contributed by atoms with Gasteiger partial charge in [-0.2, -0.15) is 5.10 Å². The first kappa shape index (κ1) is 18.4. The van der Waals surface area contributed by atoms with Crippen LogP contribution in [0.4, 0.5) is 0 Å². The maximum absolute atomic E-state index is 12.8. The fourth-order valence-electron chi connectivity index (χ4n) is 3.01. The van der Waals surface area contributed by atoms with Crippen molar-refractivity contribution in [2.24, 2.45) is 0 Å². The standard InChI is InChI=1S/C19H21ClN4O2/c1-4-23(5-2)19(25)15-11-22-24(18(15)12-26-3)17-8-9-21-16-10-13(20)6-7-14(16)17/h6-11H,4-5,12H2,1-3H3. The van der Waals surface area contributed by atoms with Gasteiger partial charge in [0.15, 0.2) is 0 Å². The molecule has 3 rings (SSSR count). The number of benzene rings is 1. The van der Waals surface area contributed by atoms with Crippen LogP contribution in [0.25, 0.3) is 16.6 Å². The quantitative estimate of drug-likeness (QED) is 0.662. The van der Waals surface area contributed by atoms with Gasteiger partial charge in [-0.15, -0.1) is 0 Å². The van der Waals surface area contributed by atoms with Gasteiger partial charge in [-0.05, 0) is 38.1 Å². The van der Waals surface area contributed by atoms with Gasteiger partial charge in [-0.3, -0.25) is 9.78 Å². The molecule has 0 fully saturated rings. The molecule has 2 heterocycles. The van der Waals surface area contributed by atoms with Crippen molar-refractivity contribution in [3.8, 4) is 5.69 Å². The largest absolute Gasteiger partial charge is 0.378 e. The molecule has 2 aromatic heterocycles. The molecular weight excluding hydrogens is 352 g/mol. The monoisotopic (exact) mass is 372 g/mol. The van der Waals surface area contributed by atoms with Crippen LogP contribution in [-0.4, -0.2) is 45.8 Å². The van der Waals surface area contributed by atoms with E-state index < -0.39 is 0 Å². The van der Waals surface area contributed by atoms with E-state index in [0.29, 0.717) is 29.4 Å². The highest BCUT2D eigenvalue weighted by Crippen LogP contribution is 2.26. The Morgan fingerprint density at radius 3 is 2.73 bits per heavy atom. The Hall–Kier alpha value is -2.44. The molecule has 6 nitrogen and oxygen atoms in total. The zero-order chi connectivity index (χ0) is 18.7. The zero-order valence-corrected chi connectivity index (χ0v) is 15.8. The lowest BCUT2D eigenvalue weighted by molar-refractivity contribution is 0.0767. The van der Waals surface area contributed by atoms with E-state index in [0.717, 1.165) is 16.6 Å². The van der Waals surface area contributed by atoms with Crippen molar-refractivity contribution in [1.29, 1.82) is 0 Å². The molecular formula is C19H21ClN4O2. The summed E-state index contributed by atoms with van der Waals surface area (Å²) in [6.45, 7) is 5.48. The summed E-state index contributed by atoms with van der Waals surface area (Å²) in [5, 5.41) is 6.00. The molecule has 0 saturated heterocycles. The van der Waals surface area contributed by atoms with Crippen LogP contribution in [0.1, 0.15) is 29.9 Å². The number of fused-ring (bicyclic) bond motifs is 1. The molecule has 1 amide bonds. The number of methoxy groups -OCH3 is 1. The van der Waals surface area contributed by atoms with Crippen molar-refractivity contribution in [1.82, 2.24) is 19.7 Å². The summed E-state index contributed by atoms with van der Waals surface area (Å²) in [7, 11) is 1.60. The number of pyridine rings is 1. The summed E-state index contributed by atoms with van der Waals surface area (Å²) < 4.78 is 7.10. The lowest BCUT2D eigenvalue weighted by Crippen LogP contribution is -2.31. The fraction of sp³-hybridized carbons (Fsp3) is 0.316. The minimum atomic E-state index is -0.0466. The smallest absolute Gasteiger partial charge is 0.257 e. The first-order valence-electron chi connectivity index (χ1n) is 8.50. The first-order chi connectivity index (χ1) is 12.6. The third-order valence-electron chi connectivity index (χ3n) is 4.34. The van der Waals surface area contributed by atoms with E-state index in [1.807, 2.05) is 38.1 Å². The van der Waals surface area contributed by atoms with Gasteiger partial charge in [0.2, 0.25) is 0 Å². The summed E-state index contributed by atoms with van der Waals surface area (Å²) in [6, 6.07) is 7.40. The van der Waals surface area contributed by atoms with Crippen molar-refractivity contribution in [3.63, 3.8) is 0 Å². The van der Waals surface area contributed by atoms with E-state index in [9.17, 15) is 4.79 Å². The van der Waals surface area contributed by atoms with Crippen molar-refractivity contribution in [2.75, 3.05) is 20.2 Å². The van der Waals surface area contributed by atoms with E-state index in [4.69, 9.17) is 16.3 Å². The van der Waals surface area contributed by atoms with Crippen LogP contribution in [-0.2, 0) is 11.3 Å². The van der Waals surface area contributed by atoms with E-state index in [1.54, 1.807) is 29.1 Å². The first-order valence-corrected chi connectivity index (χ1v) is 8.88. The SMILES string of the molecule is CCN(CC)C(=O)c1cnn(-c2ccnc3cc(Cl)ccc23)c1COC. The maximum Gasteiger partial charge on any atom is 0.257 e. The van der Waals surface area contributed by atoms with Crippen molar-refractivity contribution >= 4 is 28.4 Å². The predicted octanol–water partition coefficient (Wildman–Crippen LogP) is 3.70. The highest BCUT2D eigenvalue weighted by molar-refractivity contribution is 6.31. The molecule has 1 aromatic carbocycles. The molecule has 7 heteroatoms. The van der Waals surface area contributed by atoms with E-state index in [2.05, 4.69) is 10.1 Å². The molecule has 0 bridgehead atoms. The number of rotatable bonds is 6. The number of carbonyl (C=O) groups excluding carboxylic acids is 1. The number of aromatic nitrogens is 3. The van der Waals surface area contributed by atoms with E-state index in [-0.39, 0.29) is 12.5 Å².